The van der Waals surface area contributed by atoms with E-state index in [1.165, 1.54) is 0 Å². The summed E-state index contributed by atoms with van der Waals surface area (Å²) in [6, 6.07) is 0. The van der Waals surface area contributed by atoms with Crippen LogP contribution in [0.5, 0.6) is 0 Å². The van der Waals surface area contributed by atoms with Crippen LogP contribution in [0.25, 0.3) is 0 Å². The van der Waals surface area contributed by atoms with Crippen molar-refractivity contribution in [2.75, 3.05) is 6.61 Å². The SMILES string of the molecule is C[C@]12CC[C@@H](O)C[C@@H]1[C@H](O)C[C@@H]1[C@@H]2CC[C@]2(C)[C@@H](C(=O)CO)CC[C@@H]12. The number of rotatable bonds is 2. The molecule has 4 aliphatic carbocycles. The minimum absolute atomic E-state index is 0.000648. The summed E-state index contributed by atoms with van der Waals surface area (Å²) in [7, 11) is 0. The minimum Gasteiger partial charge on any atom is -0.393 e. The zero-order chi connectivity index (χ0) is 18.0. The highest BCUT2D eigenvalue weighted by Crippen LogP contribution is 2.67. The first-order valence-electron chi connectivity index (χ1n) is 10.3. The summed E-state index contributed by atoms with van der Waals surface area (Å²) in [5, 5.41) is 30.4. The van der Waals surface area contributed by atoms with Gasteiger partial charge in [0.15, 0.2) is 5.78 Å². The first-order chi connectivity index (χ1) is 11.8. The van der Waals surface area contributed by atoms with Crippen LogP contribution >= 0.6 is 0 Å². The van der Waals surface area contributed by atoms with Gasteiger partial charge in [-0.05, 0) is 85.9 Å². The fourth-order valence-corrected chi connectivity index (χ4v) is 7.92. The lowest BCUT2D eigenvalue weighted by molar-refractivity contribution is -0.172. The van der Waals surface area contributed by atoms with E-state index in [-0.39, 0.29) is 47.3 Å². The summed E-state index contributed by atoms with van der Waals surface area (Å²) >= 11 is 0. The van der Waals surface area contributed by atoms with Gasteiger partial charge in [-0.2, -0.15) is 0 Å². The molecule has 142 valence electrons. The van der Waals surface area contributed by atoms with Gasteiger partial charge in [-0.15, -0.1) is 0 Å². The molecule has 4 nitrogen and oxygen atoms in total. The zero-order valence-corrected chi connectivity index (χ0v) is 15.7. The van der Waals surface area contributed by atoms with Crippen LogP contribution in [-0.2, 0) is 4.79 Å². The average Bonchev–Trinajstić information content (AvgIpc) is 2.93. The molecule has 0 aromatic carbocycles. The third-order valence-corrected chi connectivity index (χ3v) is 9.20. The Morgan fingerprint density at radius 2 is 1.60 bits per heavy atom. The van der Waals surface area contributed by atoms with Gasteiger partial charge in [-0.1, -0.05) is 13.8 Å². The highest BCUT2D eigenvalue weighted by atomic mass is 16.3. The van der Waals surface area contributed by atoms with Crippen LogP contribution in [0.15, 0.2) is 0 Å². The Kier molecular flexibility index (Phi) is 4.33. The third kappa shape index (κ3) is 2.47. The molecule has 4 fully saturated rings. The smallest absolute Gasteiger partial charge is 0.161 e. The van der Waals surface area contributed by atoms with Gasteiger partial charge in [-0.25, -0.2) is 0 Å². The van der Waals surface area contributed by atoms with Crippen molar-refractivity contribution in [1.82, 2.24) is 0 Å². The molecule has 0 radical (unpaired) electrons. The van der Waals surface area contributed by atoms with Crippen molar-refractivity contribution < 1.29 is 20.1 Å². The number of Topliss-reactive ketones (excluding diaryl/α,β-unsaturated/α-hetero) is 1. The molecule has 0 saturated heterocycles. The van der Waals surface area contributed by atoms with E-state index in [0.717, 1.165) is 51.4 Å². The molecule has 25 heavy (non-hydrogen) atoms. The van der Waals surface area contributed by atoms with Crippen molar-refractivity contribution in [3.8, 4) is 0 Å². The quantitative estimate of drug-likeness (QED) is 0.715. The Morgan fingerprint density at radius 3 is 2.32 bits per heavy atom. The summed E-state index contributed by atoms with van der Waals surface area (Å²) < 4.78 is 0. The minimum atomic E-state index is -0.332. The maximum Gasteiger partial charge on any atom is 0.161 e. The molecular formula is C21H34O4. The maximum atomic E-state index is 12.3. The largest absolute Gasteiger partial charge is 0.393 e. The molecule has 4 saturated carbocycles. The van der Waals surface area contributed by atoms with Gasteiger partial charge in [0, 0.05) is 5.92 Å². The molecule has 0 aromatic rings. The highest BCUT2D eigenvalue weighted by molar-refractivity contribution is 5.83. The van der Waals surface area contributed by atoms with Crippen LogP contribution < -0.4 is 0 Å². The molecule has 0 spiro atoms. The van der Waals surface area contributed by atoms with E-state index in [4.69, 9.17) is 0 Å². The monoisotopic (exact) mass is 350 g/mol. The molecular weight excluding hydrogens is 316 g/mol. The maximum absolute atomic E-state index is 12.3. The van der Waals surface area contributed by atoms with E-state index in [9.17, 15) is 20.1 Å². The van der Waals surface area contributed by atoms with Gasteiger partial charge >= 0.3 is 0 Å². The summed E-state index contributed by atoms with van der Waals surface area (Å²) in [4.78, 5) is 12.3. The molecule has 0 amide bonds. The first kappa shape index (κ1) is 17.9. The second-order valence-electron chi connectivity index (χ2n) is 10.0. The summed E-state index contributed by atoms with van der Waals surface area (Å²) in [5.74, 6) is 1.82. The lowest BCUT2D eigenvalue weighted by atomic mass is 9.44. The predicted molar refractivity (Wildman–Crippen MR) is 94.7 cm³/mol. The molecule has 0 unspecified atom stereocenters. The summed E-state index contributed by atoms with van der Waals surface area (Å²) in [6.45, 7) is 4.30. The van der Waals surface area contributed by atoms with Gasteiger partial charge in [0.25, 0.3) is 0 Å². The summed E-state index contributed by atoms with van der Waals surface area (Å²) in [6.07, 6.45) is 7.02. The van der Waals surface area contributed by atoms with E-state index < -0.39 is 0 Å². The average molecular weight is 350 g/mol. The molecule has 9 atom stereocenters. The number of aliphatic hydroxyl groups is 3. The zero-order valence-electron chi connectivity index (χ0n) is 15.7. The van der Waals surface area contributed by atoms with Crippen LogP contribution in [0.2, 0.25) is 0 Å². The molecule has 0 bridgehead atoms. The Morgan fingerprint density at radius 1 is 0.920 bits per heavy atom. The van der Waals surface area contributed by atoms with Crippen LogP contribution in [0.4, 0.5) is 0 Å². The number of hydrogen-bond acceptors (Lipinski definition) is 4. The Bertz CT molecular complexity index is 548. The molecule has 0 aliphatic heterocycles. The van der Waals surface area contributed by atoms with Crippen LogP contribution in [0.1, 0.15) is 65.2 Å². The van der Waals surface area contributed by atoms with Crippen molar-refractivity contribution >= 4 is 5.78 Å². The van der Waals surface area contributed by atoms with Crippen LogP contribution in [-0.4, -0.2) is 39.9 Å². The number of carbonyl (C=O) groups is 1. The van der Waals surface area contributed by atoms with Gasteiger partial charge in [0.05, 0.1) is 12.2 Å². The van der Waals surface area contributed by atoms with Crippen molar-refractivity contribution in [2.24, 2.45) is 40.4 Å². The standard InChI is InChI=1S/C21H34O4/c1-20-8-6-15-13(14(20)3-4-16(20)19(25)11-22)10-18(24)17-9-12(23)5-7-21(15,17)2/h12-18,22-24H,3-11H2,1-2H3/t12-,13+,14+,15+,16-,17-,18-,20+,21-/m1/s1. The summed E-state index contributed by atoms with van der Waals surface area (Å²) in [5.41, 5.74) is 0.125. The third-order valence-electron chi connectivity index (χ3n) is 9.20. The second kappa shape index (κ2) is 6.03. The highest BCUT2D eigenvalue weighted by Gasteiger charge is 2.62. The predicted octanol–water partition coefficient (Wildman–Crippen LogP) is 2.54. The lowest BCUT2D eigenvalue weighted by Crippen LogP contribution is -2.58. The molecule has 0 aromatic heterocycles. The van der Waals surface area contributed by atoms with Gasteiger partial charge in [-0.3, -0.25) is 4.79 Å². The number of aliphatic hydroxyl groups excluding tert-OH is 3. The molecule has 0 heterocycles. The number of hydrogen-bond donors (Lipinski definition) is 3. The van der Waals surface area contributed by atoms with Crippen molar-refractivity contribution in [1.29, 1.82) is 0 Å². The topological polar surface area (TPSA) is 77.8 Å². The van der Waals surface area contributed by atoms with E-state index in [1.807, 2.05) is 0 Å². The lowest BCUT2D eigenvalue weighted by Gasteiger charge is -2.62. The van der Waals surface area contributed by atoms with Crippen molar-refractivity contribution in [3.05, 3.63) is 0 Å². The van der Waals surface area contributed by atoms with Crippen LogP contribution in [0.3, 0.4) is 0 Å². The van der Waals surface area contributed by atoms with Crippen molar-refractivity contribution in [3.63, 3.8) is 0 Å². The Hall–Kier alpha value is -0.450. The molecule has 3 N–H and O–H groups in total. The van der Waals surface area contributed by atoms with Crippen molar-refractivity contribution in [2.45, 2.75) is 77.4 Å². The van der Waals surface area contributed by atoms with Crippen LogP contribution in [0, 0.1) is 40.4 Å². The Balaban J connectivity index is 1.63. The van der Waals surface area contributed by atoms with E-state index in [1.54, 1.807) is 0 Å². The number of fused-ring (bicyclic) bond motifs is 5. The molecule has 4 aliphatic rings. The second-order valence-corrected chi connectivity index (χ2v) is 10.0. The van der Waals surface area contributed by atoms with E-state index >= 15 is 0 Å². The van der Waals surface area contributed by atoms with E-state index in [0.29, 0.717) is 17.8 Å². The number of ketones is 1. The number of carbonyl (C=O) groups excluding carboxylic acids is 1. The fourth-order valence-electron chi connectivity index (χ4n) is 7.92. The Labute approximate surface area is 151 Å². The van der Waals surface area contributed by atoms with Gasteiger partial charge < -0.3 is 15.3 Å². The normalized spacial score (nSPS) is 55.2. The van der Waals surface area contributed by atoms with Gasteiger partial charge in [0.2, 0.25) is 0 Å². The van der Waals surface area contributed by atoms with E-state index in [2.05, 4.69) is 13.8 Å². The fraction of sp³-hybridized carbons (Fsp3) is 0.952. The van der Waals surface area contributed by atoms with Gasteiger partial charge in [0.1, 0.15) is 6.61 Å². The first-order valence-corrected chi connectivity index (χ1v) is 10.3. The molecule has 4 heteroatoms. The molecule has 4 rings (SSSR count).